The highest BCUT2D eigenvalue weighted by Crippen LogP contribution is 2.11. The third-order valence-electron chi connectivity index (χ3n) is 1.74. The second-order valence-electron chi connectivity index (χ2n) is 2.96. The minimum absolute atomic E-state index is 0.0820. The highest BCUT2D eigenvalue weighted by Gasteiger charge is 1.96. The molecule has 0 atom stereocenters. The summed E-state index contributed by atoms with van der Waals surface area (Å²) in [5, 5.41) is 15.1. The summed E-state index contributed by atoms with van der Waals surface area (Å²) < 4.78 is 1.05. The quantitative estimate of drug-likeness (QED) is 0.733. The molecule has 0 spiro atoms. The Hall–Kier alpha value is -0.650. The minimum Gasteiger partial charge on any atom is -0.395 e. The molecular weight excluding hydrogens is 276 g/mol. The molecule has 0 unspecified atom stereocenters. The van der Waals surface area contributed by atoms with Crippen LogP contribution in [0.25, 0.3) is 0 Å². The van der Waals surface area contributed by atoms with E-state index < -0.39 is 0 Å². The molecule has 15 heavy (non-hydrogen) atoms. The topological polar surface area (TPSA) is 44.3 Å². The van der Waals surface area contributed by atoms with E-state index in [1.54, 1.807) is 0 Å². The van der Waals surface area contributed by atoms with Gasteiger partial charge in [-0.25, -0.2) is 0 Å². The summed E-state index contributed by atoms with van der Waals surface area (Å²) >= 11 is 8.41. The molecule has 0 aliphatic heterocycles. The molecule has 5 heteroatoms. The van der Waals surface area contributed by atoms with Crippen molar-refractivity contribution >= 4 is 33.3 Å². The second-order valence-corrected chi connectivity index (χ2v) is 4.29. The van der Waals surface area contributed by atoms with Crippen LogP contribution in [0.2, 0.25) is 0 Å². The summed E-state index contributed by atoms with van der Waals surface area (Å²) in [5.74, 6) is 0. The third-order valence-corrected chi connectivity index (χ3v) is 2.52. The maximum atomic E-state index is 8.58. The van der Waals surface area contributed by atoms with Crippen LogP contribution >= 0.6 is 28.1 Å². The average Bonchev–Trinajstić information content (AvgIpc) is 2.23. The Kier molecular flexibility index (Phi) is 5.60. The predicted molar refractivity (Wildman–Crippen MR) is 68.7 cm³/mol. The van der Waals surface area contributed by atoms with Crippen LogP contribution in [0.4, 0.5) is 0 Å². The summed E-state index contributed by atoms with van der Waals surface area (Å²) in [6.45, 7) is 1.24. The van der Waals surface area contributed by atoms with Gasteiger partial charge < -0.3 is 15.7 Å². The van der Waals surface area contributed by atoms with Crippen LogP contribution in [0.3, 0.4) is 0 Å². The largest absolute Gasteiger partial charge is 0.395 e. The van der Waals surface area contributed by atoms with Crippen LogP contribution in [0.5, 0.6) is 0 Å². The average molecular weight is 289 g/mol. The first kappa shape index (κ1) is 12.4. The summed E-state index contributed by atoms with van der Waals surface area (Å²) in [5.41, 5.74) is 1.15. The SMILES string of the molecule is OCCNC(=S)NCc1cccc(Br)c1. The predicted octanol–water partition coefficient (Wildman–Crippen LogP) is 1.41. The molecule has 0 radical (unpaired) electrons. The van der Waals surface area contributed by atoms with Crippen molar-refractivity contribution in [3.05, 3.63) is 34.3 Å². The van der Waals surface area contributed by atoms with Crippen LogP contribution in [-0.4, -0.2) is 23.4 Å². The smallest absolute Gasteiger partial charge is 0.166 e. The van der Waals surface area contributed by atoms with E-state index in [1.807, 2.05) is 24.3 Å². The molecule has 0 saturated heterocycles. The lowest BCUT2D eigenvalue weighted by Crippen LogP contribution is -2.36. The van der Waals surface area contributed by atoms with Gasteiger partial charge in [-0.3, -0.25) is 0 Å². The molecule has 0 heterocycles. The Morgan fingerprint density at radius 2 is 2.20 bits per heavy atom. The highest BCUT2D eigenvalue weighted by molar-refractivity contribution is 9.10. The van der Waals surface area contributed by atoms with Gasteiger partial charge in [-0.2, -0.15) is 0 Å². The zero-order valence-corrected chi connectivity index (χ0v) is 10.6. The first-order valence-electron chi connectivity index (χ1n) is 4.59. The number of thiocarbonyl (C=S) groups is 1. The molecule has 0 aliphatic carbocycles. The zero-order valence-electron chi connectivity index (χ0n) is 8.16. The molecule has 1 rings (SSSR count). The van der Waals surface area contributed by atoms with Crippen molar-refractivity contribution in [3.63, 3.8) is 0 Å². The van der Waals surface area contributed by atoms with E-state index in [1.165, 1.54) is 0 Å². The van der Waals surface area contributed by atoms with E-state index in [2.05, 4.69) is 26.6 Å². The number of halogens is 1. The van der Waals surface area contributed by atoms with Crippen molar-refractivity contribution in [1.82, 2.24) is 10.6 Å². The molecule has 3 N–H and O–H groups in total. The van der Waals surface area contributed by atoms with Crippen molar-refractivity contribution in [2.75, 3.05) is 13.2 Å². The summed E-state index contributed by atoms with van der Waals surface area (Å²) in [6.07, 6.45) is 0. The van der Waals surface area contributed by atoms with Crippen molar-refractivity contribution in [3.8, 4) is 0 Å². The minimum atomic E-state index is 0.0820. The standard InChI is InChI=1S/C10H13BrN2OS/c11-9-3-1-2-8(6-9)7-13-10(15)12-4-5-14/h1-3,6,14H,4-5,7H2,(H2,12,13,15). The Morgan fingerprint density at radius 1 is 1.40 bits per heavy atom. The van der Waals surface area contributed by atoms with Crippen LogP contribution in [0.1, 0.15) is 5.56 Å². The van der Waals surface area contributed by atoms with Crippen LogP contribution in [0.15, 0.2) is 28.7 Å². The number of hydrogen-bond donors (Lipinski definition) is 3. The van der Waals surface area contributed by atoms with E-state index in [0.29, 0.717) is 18.2 Å². The Morgan fingerprint density at radius 3 is 2.87 bits per heavy atom. The van der Waals surface area contributed by atoms with Crippen molar-refractivity contribution in [2.24, 2.45) is 0 Å². The lowest BCUT2D eigenvalue weighted by molar-refractivity contribution is 0.300. The first-order valence-corrected chi connectivity index (χ1v) is 5.79. The van der Waals surface area contributed by atoms with Gasteiger partial charge >= 0.3 is 0 Å². The van der Waals surface area contributed by atoms with E-state index in [-0.39, 0.29) is 6.61 Å². The summed E-state index contributed by atoms with van der Waals surface area (Å²) in [4.78, 5) is 0. The zero-order chi connectivity index (χ0) is 11.1. The number of aliphatic hydroxyl groups excluding tert-OH is 1. The Labute approximate surface area is 103 Å². The van der Waals surface area contributed by atoms with Gasteiger partial charge in [0.25, 0.3) is 0 Å². The van der Waals surface area contributed by atoms with Crippen LogP contribution < -0.4 is 10.6 Å². The normalized spacial score (nSPS) is 9.73. The number of aliphatic hydroxyl groups is 1. The third kappa shape index (κ3) is 5.11. The van der Waals surface area contributed by atoms with Crippen LogP contribution in [0, 0.1) is 0 Å². The van der Waals surface area contributed by atoms with Gasteiger partial charge in [-0.1, -0.05) is 28.1 Å². The molecule has 0 fully saturated rings. The summed E-state index contributed by atoms with van der Waals surface area (Å²) in [7, 11) is 0. The number of nitrogens with one attached hydrogen (secondary N) is 2. The monoisotopic (exact) mass is 288 g/mol. The van der Waals surface area contributed by atoms with Gasteiger partial charge in [0.1, 0.15) is 0 Å². The van der Waals surface area contributed by atoms with Gasteiger partial charge in [0, 0.05) is 17.6 Å². The summed E-state index contributed by atoms with van der Waals surface area (Å²) in [6, 6.07) is 8.01. The molecule has 0 saturated carbocycles. The highest BCUT2D eigenvalue weighted by atomic mass is 79.9. The lowest BCUT2D eigenvalue weighted by atomic mass is 10.2. The van der Waals surface area contributed by atoms with Crippen molar-refractivity contribution in [1.29, 1.82) is 0 Å². The molecule has 0 bridgehead atoms. The first-order chi connectivity index (χ1) is 7.22. The molecular formula is C10H13BrN2OS. The van der Waals surface area contributed by atoms with Crippen molar-refractivity contribution < 1.29 is 5.11 Å². The fraction of sp³-hybridized carbons (Fsp3) is 0.300. The van der Waals surface area contributed by atoms with Gasteiger partial charge in [-0.05, 0) is 29.9 Å². The van der Waals surface area contributed by atoms with Gasteiger partial charge in [0.2, 0.25) is 0 Å². The van der Waals surface area contributed by atoms with E-state index >= 15 is 0 Å². The van der Waals surface area contributed by atoms with Gasteiger partial charge in [-0.15, -0.1) is 0 Å². The Bertz CT molecular complexity index is 333. The van der Waals surface area contributed by atoms with Gasteiger partial charge in [0.05, 0.1) is 6.61 Å². The number of rotatable bonds is 4. The molecule has 0 aromatic heterocycles. The maximum absolute atomic E-state index is 8.58. The second kappa shape index (κ2) is 6.76. The molecule has 3 nitrogen and oxygen atoms in total. The van der Waals surface area contributed by atoms with Crippen LogP contribution in [-0.2, 0) is 6.54 Å². The molecule has 0 aliphatic rings. The molecule has 82 valence electrons. The van der Waals surface area contributed by atoms with E-state index in [9.17, 15) is 0 Å². The van der Waals surface area contributed by atoms with E-state index in [0.717, 1.165) is 10.0 Å². The number of benzene rings is 1. The van der Waals surface area contributed by atoms with Crippen molar-refractivity contribution in [2.45, 2.75) is 6.54 Å². The van der Waals surface area contributed by atoms with Gasteiger partial charge in [0.15, 0.2) is 5.11 Å². The molecule has 1 aromatic carbocycles. The fourth-order valence-electron chi connectivity index (χ4n) is 1.06. The Balaban J connectivity index is 2.33. The lowest BCUT2D eigenvalue weighted by Gasteiger charge is -2.09. The molecule has 0 amide bonds. The fourth-order valence-corrected chi connectivity index (χ4v) is 1.68. The maximum Gasteiger partial charge on any atom is 0.166 e. The number of hydrogen-bond acceptors (Lipinski definition) is 2. The van der Waals surface area contributed by atoms with E-state index in [4.69, 9.17) is 17.3 Å². The molecule has 1 aromatic rings.